The van der Waals surface area contributed by atoms with Gasteiger partial charge in [-0.3, -0.25) is 4.72 Å². The number of aromatic nitrogens is 3. The Morgan fingerprint density at radius 2 is 1.90 bits per heavy atom. The zero-order chi connectivity index (χ0) is 21.4. The van der Waals surface area contributed by atoms with Gasteiger partial charge in [-0.25, -0.2) is 23.4 Å². The van der Waals surface area contributed by atoms with Gasteiger partial charge in [0.1, 0.15) is 17.8 Å². The van der Waals surface area contributed by atoms with Crippen molar-refractivity contribution in [3.8, 4) is 17.0 Å². The van der Waals surface area contributed by atoms with Crippen LogP contribution in [-0.4, -0.2) is 62.0 Å². The van der Waals surface area contributed by atoms with Crippen molar-refractivity contribution in [2.75, 3.05) is 43.0 Å². The molecule has 5 rings (SSSR count). The van der Waals surface area contributed by atoms with E-state index in [1.807, 2.05) is 18.2 Å². The fourth-order valence-electron chi connectivity index (χ4n) is 3.71. The van der Waals surface area contributed by atoms with Crippen LogP contribution in [0.4, 0.5) is 11.5 Å². The lowest BCUT2D eigenvalue weighted by Crippen LogP contribution is -2.36. The summed E-state index contributed by atoms with van der Waals surface area (Å²) in [6, 6.07) is 7.66. The molecule has 162 valence electrons. The Labute approximate surface area is 180 Å². The Morgan fingerprint density at radius 3 is 2.65 bits per heavy atom. The third-order valence-electron chi connectivity index (χ3n) is 5.52. The fraction of sp³-hybridized carbons (Fsp3) is 0.381. The van der Waals surface area contributed by atoms with Gasteiger partial charge in [0, 0.05) is 30.2 Å². The highest BCUT2D eigenvalue weighted by Crippen LogP contribution is 2.35. The number of methoxy groups -OCH3 is 1. The summed E-state index contributed by atoms with van der Waals surface area (Å²) in [4.78, 5) is 15.4. The summed E-state index contributed by atoms with van der Waals surface area (Å²) < 4.78 is 38.3. The molecule has 2 fully saturated rings. The summed E-state index contributed by atoms with van der Waals surface area (Å²) in [6.07, 6.45) is 4.61. The maximum absolute atomic E-state index is 12.4. The highest BCUT2D eigenvalue weighted by Gasteiger charge is 2.36. The van der Waals surface area contributed by atoms with Crippen molar-refractivity contribution in [2.45, 2.75) is 18.1 Å². The van der Waals surface area contributed by atoms with E-state index in [2.05, 4.69) is 24.6 Å². The second kappa shape index (κ2) is 7.93. The first-order valence-electron chi connectivity index (χ1n) is 10.2. The van der Waals surface area contributed by atoms with Gasteiger partial charge in [-0.05, 0) is 36.6 Å². The molecule has 0 radical (unpaired) electrons. The Balaban J connectivity index is 1.55. The van der Waals surface area contributed by atoms with Crippen LogP contribution >= 0.6 is 0 Å². The molecule has 9 nitrogen and oxygen atoms in total. The van der Waals surface area contributed by atoms with Crippen LogP contribution in [0.5, 0.6) is 5.88 Å². The number of hydrogen-bond donors (Lipinski definition) is 1. The number of benzene rings is 1. The lowest BCUT2D eigenvalue weighted by molar-refractivity contribution is 0.122. The number of pyridine rings is 1. The molecule has 0 bridgehead atoms. The lowest BCUT2D eigenvalue weighted by Gasteiger charge is -2.28. The summed E-state index contributed by atoms with van der Waals surface area (Å²) >= 11 is 0. The maximum atomic E-state index is 12.4. The number of hydrogen-bond acceptors (Lipinski definition) is 8. The van der Waals surface area contributed by atoms with Gasteiger partial charge in [-0.2, -0.15) is 0 Å². The molecule has 3 aromatic rings. The number of ether oxygens (including phenoxy) is 2. The van der Waals surface area contributed by atoms with E-state index in [1.54, 1.807) is 18.6 Å². The van der Waals surface area contributed by atoms with E-state index < -0.39 is 10.0 Å². The highest BCUT2D eigenvalue weighted by atomic mass is 32.2. The van der Waals surface area contributed by atoms with Crippen molar-refractivity contribution in [1.82, 2.24) is 15.0 Å². The number of anilines is 2. The van der Waals surface area contributed by atoms with Gasteiger partial charge < -0.3 is 14.4 Å². The first kappa shape index (κ1) is 20.0. The molecule has 31 heavy (non-hydrogen) atoms. The zero-order valence-electron chi connectivity index (χ0n) is 17.1. The topological polar surface area (TPSA) is 107 Å². The van der Waals surface area contributed by atoms with Gasteiger partial charge in [0.15, 0.2) is 0 Å². The molecular weight excluding hydrogens is 418 g/mol. The molecule has 3 heterocycles. The molecule has 1 aliphatic carbocycles. The summed E-state index contributed by atoms with van der Waals surface area (Å²) in [5.41, 5.74) is 2.84. The van der Waals surface area contributed by atoms with Crippen molar-refractivity contribution < 1.29 is 17.9 Å². The summed E-state index contributed by atoms with van der Waals surface area (Å²) in [5.74, 6) is 1.11. The molecule has 2 aromatic heterocycles. The average molecular weight is 442 g/mol. The third-order valence-corrected chi connectivity index (χ3v) is 7.37. The molecule has 0 unspecified atom stereocenters. The Hall–Kier alpha value is -2.98. The SMILES string of the molecule is COc1ncc(-c2ccc3ncnc(N4CCOCC4)c3c2)cc1NS(=O)(=O)C1CC1. The van der Waals surface area contributed by atoms with Crippen molar-refractivity contribution in [1.29, 1.82) is 0 Å². The van der Waals surface area contributed by atoms with E-state index in [4.69, 9.17) is 9.47 Å². The van der Waals surface area contributed by atoms with Crippen molar-refractivity contribution >= 4 is 32.4 Å². The molecule has 1 saturated heterocycles. The first-order chi connectivity index (χ1) is 15.0. The quantitative estimate of drug-likeness (QED) is 0.622. The van der Waals surface area contributed by atoms with Crippen LogP contribution in [0.3, 0.4) is 0 Å². The van der Waals surface area contributed by atoms with Gasteiger partial charge in [0.2, 0.25) is 15.9 Å². The Morgan fingerprint density at radius 1 is 1.10 bits per heavy atom. The number of morpholine rings is 1. The molecule has 1 aromatic carbocycles. The van der Waals surface area contributed by atoms with Crippen LogP contribution in [0.25, 0.3) is 22.0 Å². The molecule has 2 aliphatic rings. The zero-order valence-corrected chi connectivity index (χ0v) is 17.9. The standard InChI is InChI=1S/C21H23N5O4S/c1-29-21-19(25-31(27,28)16-3-4-16)11-15(12-22-21)14-2-5-18-17(10-14)20(24-13-23-18)26-6-8-30-9-7-26/h2,5,10-13,16,25H,3-4,6-9H2,1H3. The van der Waals surface area contributed by atoms with Gasteiger partial charge in [0.05, 0.1) is 31.1 Å². The van der Waals surface area contributed by atoms with Crippen LogP contribution in [0.15, 0.2) is 36.8 Å². The van der Waals surface area contributed by atoms with E-state index in [0.717, 1.165) is 40.9 Å². The summed E-state index contributed by atoms with van der Waals surface area (Å²) in [6.45, 7) is 2.87. The second-order valence-electron chi connectivity index (χ2n) is 7.66. The summed E-state index contributed by atoms with van der Waals surface area (Å²) in [5, 5.41) is 0.590. The van der Waals surface area contributed by atoms with Gasteiger partial charge in [-0.1, -0.05) is 6.07 Å². The van der Waals surface area contributed by atoms with E-state index in [9.17, 15) is 8.42 Å². The highest BCUT2D eigenvalue weighted by molar-refractivity contribution is 7.93. The lowest BCUT2D eigenvalue weighted by atomic mass is 10.0. The minimum atomic E-state index is -3.44. The predicted molar refractivity (Wildman–Crippen MR) is 118 cm³/mol. The number of nitrogens with one attached hydrogen (secondary N) is 1. The van der Waals surface area contributed by atoms with Crippen LogP contribution < -0.4 is 14.4 Å². The molecular formula is C21H23N5O4S. The van der Waals surface area contributed by atoms with Crippen LogP contribution in [0.1, 0.15) is 12.8 Å². The Kier molecular flexibility index (Phi) is 5.11. The van der Waals surface area contributed by atoms with Crippen molar-refractivity contribution in [3.05, 3.63) is 36.8 Å². The van der Waals surface area contributed by atoms with Gasteiger partial charge in [-0.15, -0.1) is 0 Å². The second-order valence-corrected chi connectivity index (χ2v) is 9.62. The fourth-order valence-corrected chi connectivity index (χ4v) is 5.09. The molecule has 1 saturated carbocycles. The monoisotopic (exact) mass is 441 g/mol. The van der Waals surface area contributed by atoms with Crippen LogP contribution in [0, 0.1) is 0 Å². The smallest absolute Gasteiger partial charge is 0.238 e. The molecule has 10 heteroatoms. The molecule has 0 amide bonds. The van der Waals surface area contributed by atoms with E-state index >= 15 is 0 Å². The number of nitrogens with zero attached hydrogens (tertiary/aromatic N) is 4. The predicted octanol–water partition coefficient (Wildman–Crippen LogP) is 2.44. The molecule has 0 atom stereocenters. The van der Waals surface area contributed by atoms with Gasteiger partial charge in [0.25, 0.3) is 0 Å². The van der Waals surface area contributed by atoms with Crippen molar-refractivity contribution in [3.63, 3.8) is 0 Å². The van der Waals surface area contributed by atoms with E-state index in [-0.39, 0.29) is 11.1 Å². The van der Waals surface area contributed by atoms with E-state index in [0.29, 0.717) is 31.7 Å². The average Bonchev–Trinajstić information content (AvgIpc) is 3.65. The van der Waals surface area contributed by atoms with Gasteiger partial charge >= 0.3 is 0 Å². The minimum Gasteiger partial charge on any atom is -0.480 e. The summed E-state index contributed by atoms with van der Waals surface area (Å²) in [7, 11) is -1.96. The molecule has 0 spiro atoms. The number of fused-ring (bicyclic) bond motifs is 1. The van der Waals surface area contributed by atoms with Crippen molar-refractivity contribution in [2.24, 2.45) is 0 Å². The number of rotatable bonds is 6. The maximum Gasteiger partial charge on any atom is 0.238 e. The Bertz CT molecular complexity index is 1220. The molecule has 1 aliphatic heterocycles. The van der Waals surface area contributed by atoms with E-state index in [1.165, 1.54) is 7.11 Å². The van der Waals surface area contributed by atoms with Crippen LogP contribution in [0.2, 0.25) is 0 Å². The number of sulfonamides is 1. The minimum absolute atomic E-state index is 0.242. The van der Waals surface area contributed by atoms with Crippen LogP contribution in [-0.2, 0) is 14.8 Å². The first-order valence-corrected chi connectivity index (χ1v) is 11.7. The third kappa shape index (κ3) is 4.00. The normalized spacial score (nSPS) is 17.0. The molecule has 1 N–H and O–H groups in total. The largest absolute Gasteiger partial charge is 0.480 e.